The molecular weight excluding hydrogens is 336 g/mol. The summed E-state index contributed by atoms with van der Waals surface area (Å²) < 4.78 is 0. The Hall–Kier alpha value is -2.66. The molecule has 5 nitrogen and oxygen atoms in total. The molecule has 0 radical (unpaired) electrons. The predicted octanol–water partition coefficient (Wildman–Crippen LogP) is 3.34. The van der Waals surface area contributed by atoms with Crippen LogP contribution >= 0.6 is 0 Å². The Morgan fingerprint density at radius 1 is 1.19 bits per heavy atom. The van der Waals surface area contributed by atoms with Crippen molar-refractivity contribution in [3.05, 3.63) is 65.5 Å². The molecule has 27 heavy (non-hydrogen) atoms. The summed E-state index contributed by atoms with van der Waals surface area (Å²) in [5, 5.41) is 3.11. The number of nitrogens with one attached hydrogen (secondary N) is 2. The number of carbonyl (C=O) groups excluding carboxylic acids is 1. The van der Waals surface area contributed by atoms with Gasteiger partial charge < -0.3 is 15.2 Å². The highest BCUT2D eigenvalue weighted by molar-refractivity contribution is 6.06. The van der Waals surface area contributed by atoms with Gasteiger partial charge in [0.2, 0.25) is 0 Å². The molecule has 5 heteroatoms. The Morgan fingerprint density at radius 2 is 1.96 bits per heavy atom. The maximum absolute atomic E-state index is 13.1. The maximum Gasteiger partial charge on any atom is 0.253 e. The van der Waals surface area contributed by atoms with Crippen LogP contribution < -0.4 is 5.32 Å². The van der Waals surface area contributed by atoms with Crippen LogP contribution in [-0.4, -0.2) is 47.5 Å². The first-order valence-corrected chi connectivity index (χ1v) is 9.69. The molecule has 0 atom stereocenters. The highest BCUT2D eigenvalue weighted by atomic mass is 16.1. The smallest absolute Gasteiger partial charge is 0.253 e. The summed E-state index contributed by atoms with van der Waals surface area (Å²) in [6.07, 6.45) is 4.66. The Bertz CT molecular complexity index is 910. The van der Waals surface area contributed by atoms with Gasteiger partial charge in [-0.2, -0.15) is 0 Å². The maximum atomic E-state index is 13.1. The van der Waals surface area contributed by atoms with E-state index in [9.17, 15) is 4.79 Å². The molecule has 0 unspecified atom stereocenters. The van der Waals surface area contributed by atoms with Crippen LogP contribution in [0.1, 0.15) is 40.2 Å². The van der Waals surface area contributed by atoms with Crippen molar-refractivity contribution in [1.82, 2.24) is 20.2 Å². The molecule has 2 N–H and O–H groups in total. The van der Waals surface area contributed by atoms with Gasteiger partial charge in [-0.3, -0.25) is 4.79 Å². The number of piperidine rings is 1. The van der Waals surface area contributed by atoms with Crippen molar-refractivity contribution in [2.75, 3.05) is 26.7 Å². The zero-order valence-electron chi connectivity index (χ0n) is 15.7. The molecule has 0 aliphatic carbocycles. The van der Waals surface area contributed by atoms with E-state index in [2.05, 4.69) is 51.5 Å². The number of H-pyrrole nitrogens is 1. The van der Waals surface area contributed by atoms with Crippen molar-refractivity contribution in [1.29, 1.82) is 0 Å². The van der Waals surface area contributed by atoms with Crippen molar-refractivity contribution in [2.45, 2.75) is 25.2 Å². The fourth-order valence-electron chi connectivity index (χ4n) is 3.98. The number of hydrogen-bond acceptors (Lipinski definition) is 3. The number of aromatic nitrogens is 2. The van der Waals surface area contributed by atoms with Crippen LogP contribution in [0.4, 0.5) is 0 Å². The average molecular weight is 362 g/mol. The van der Waals surface area contributed by atoms with E-state index in [0.717, 1.165) is 54.5 Å². The van der Waals surface area contributed by atoms with Crippen LogP contribution in [0.3, 0.4) is 0 Å². The lowest BCUT2D eigenvalue weighted by Gasteiger charge is -2.30. The van der Waals surface area contributed by atoms with Crippen molar-refractivity contribution < 1.29 is 4.79 Å². The van der Waals surface area contributed by atoms with E-state index in [-0.39, 0.29) is 5.91 Å². The third kappa shape index (κ3) is 3.88. The predicted molar refractivity (Wildman–Crippen MR) is 108 cm³/mol. The number of benzene rings is 2. The first-order chi connectivity index (χ1) is 13.2. The van der Waals surface area contributed by atoms with Gasteiger partial charge >= 0.3 is 0 Å². The standard InChI is InChI=1S/C22H26N4O/c1-26-13-10-17(11-14-26)18-7-8-19-21(25-15-24-19)20(18)22(27)23-12-9-16-5-3-2-4-6-16/h2-8,15,17H,9-14H2,1H3,(H,23,27)(H,24,25). The molecule has 1 aliphatic heterocycles. The van der Waals surface area contributed by atoms with Crippen molar-refractivity contribution >= 4 is 16.9 Å². The molecular formula is C22H26N4O. The summed E-state index contributed by atoms with van der Waals surface area (Å²) in [6.45, 7) is 2.76. The number of imidazole rings is 1. The third-order valence-corrected chi connectivity index (χ3v) is 5.55. The minimum Gasteiger partial charge on any atom is -0.352 e. The number of nitrogens with zero attached hydrogens (tertiary/aromatic N) is 2. The second-order valence-electron chi connectivity index (χ2n) is 7.40. The summed E-state index contributed by atoms with van der Waals surface area (Å²) >= 11 is 0. The molecule has 140 valence electrons. The highest BCUT2D eigenvalue weighted by Crippen LogP contribution is 2.32. The molecule has 1 amide bonds. The van der Waals surface area contributed by atoms with Gasteiger partial charge in [-0.15, -0.1) is 0 Å². The molecule has 0 saturated carbocycles. The van der Waals surface area contributed by atoms with Gasteiger partial charge in [0.15, 0.2) is 0 Å². The van der Waals surface area contributed by atoms with Crippen LogP contribution in [0.15, 0.2) is 48.8 Å². The zero-order valence-corrected chi connectivity index (χ0v) is 15.7. The summed E-state index contributed by atoms with van der Waals surface area (Å²) in [5.41, 5.74) is 4.81. The SMILES string of the molecule is CN1CCC(c2ccc3[nH]cnc3c2C(=O)NCCc2ccccc2)CC1. The molecule has 2 aromatic carbocycles. The number of hydrogen-bond donors (Lipinski definition) is 2. The highest BCUT2D eigenvalue weighted by Gasteiger charge is 2.25. The van der Waals surface area contributed by atoms with Crippen LogP contribution in [0, 0.1) is 0 Å². The van der Waals surface area contributed by atoms with E-state index in [1.165, 1.54) is 5.56 Å². The Balaban J connectivity index is 1.56. The van der Waals surface area contributed by atoms with E-state index in [4.69, 9.17) is 0 Å². The van der Waals surface area contributed by atoms with Crippen molar-refractivity contribution in [3.63, 3.8) is 0 Å². The van der Waals surface area contributed by atoms with Gasteiger partial charge in [-0.05, 0) is 62.5 Å². The number of aromatic amines is 1. The molecule has 0 bridgehead atoms. The van der Waals surface area contributed by atoms with Crippen molar-refractivity contribution in [2.24, 2.45) is 0 Å². The Morgan fingerprint density at radius 3 is 2.74 bits per heavy atom. The van der Waals surface area contributed by atoms with Gasteiger partial charge in [0, 0.05) is 6.54 Å². The number of amides is 1. The fraction of sp³-hybridized carbons (Fsp3) is 0.364. The van der Waals surface area contributed by atoms with E-state index >= 15 is 0 Å². The van der Waals surface area contributed by atoms with Gasteiger partial charge in [-0.25, -0.2) is 4.98 Å². The summed E-state index contributed by atoms with van der Waals surface area (Å²) in [6, 6.07) is 14.4. The second-order valence-corrected chi connectivity index (χ2v) is 7.40. The summed E-state index contributed by atoms with van der Waals surface area (Å²) in [5.74, 6) is 0.398. The number of carbonyl (C=O) groups is 1. The molecule has 4 rings (SSSR count). The monoisotopic (exact) mass is 362 g/mol. The molecule has 1 saturated heterocycles. The quantitative estimate of drug-likeness (QED) is 0.732. The molecule has 1 aromatic heterocycles. The lowest BCUT2D eigenvalue weighted by molar-refractivity contribution is 0.0953. The topological polar surface area (TPSA) is 61.0 Å². The van der Waals surface area contributed by atoms with Crippen LogP contribution in [0.2, 0.25) is 0 Å². The zero-order chi connectivity index (χ0) is 18.6. The molecule has 3 aromatic rings. The van der Waals surface area contributed by atoms with Gasteiger partial charge in [0.05, 0.1) is 17.4 Å². The lowest BCUT2D eigenvalue weighted by atomic mass is 9.86. The van der Waals surface area contributed by atoms with Gasteiger partial charge in [0.25, 0.3) is 5.91 Å². The minimum absolute atomic E-state index is 0.0161. The minimum atomic E-state index is -0.0161. The third-order valence-electron chi connectivity index (χ3n) is 5.55. The van der Waals surface area contributed by atoms with E-state index in [1.54, 1.807) is 6.33 Å². The summed E-state index contributed by atoms with van der Waals surface area (Å²) in [4.78, 5) is 23.0. The lowest BCUT2D eigenvalue weighted by Crippen LogP contribution is -2.31. The first-order valence-electron chi connectivity index (χ1n) is 9.69. The van der Waals surface area contributed by atoms with Crippen LogP contribution in [-0.2, 0) is 6.42 Å². The van der Waals surface area contributed by atoms with E-state index < -0.39 is 0 Å². The number of rotatable bonds is 5. The van der Waals surface area contributed by atoms with Gasteiger partial charge in [-0.1, -0.05) is 36.4 Å². The second kappa shape index (κ2) is 7.92. The van der Waals surface area contributed by atoms with E-state index in [0.29, 0.717) is 12.5 Å². The largest absolute Gasteiger partial charge is 0.352 e. The van der Waals surface area contributed by atoms with Gasteiger partial charge in [0.1, 0.15) is 5.52 Å². The first kappa shape index (κ1) is 17.7. The fourth-order valence-corrected chi connectivity index (χ4v) is 3.98. The molecule has 1 fully saturated rings. The van der Waals surface area contributed by atoms with Crippen LogP contribution in [0.25, 0.3) is 11.0 Å². The Labute approximate surface area is 159 Å². The molecule has 1 aliphatic rings. The molecule has 2 heterocycles. The normalized spacial score (nSPS) is 15.9. The molecule has 0 spiro atoms. The average Bonchev–Trinajstić information content (AvgIpc) is 3.17. The number of likely N-dealkylation sites (tertiary alicyclic amines) is 1. The summed E-state index contributed by atoms with van der Waals surface area (Å²) in [7, 11) is 2.16. The van der Waals surface area contributed by atoms with E-state index in [1.807, 2.05) is 18.2 Å². The number of fused-ring (bicyclic) bond motifs is 1. The Kier molecular flexibility index (Phi) is 5.21. The van der Waals surface area contributed by atoms with Crippen molar-refractivity contribution in [3.8, 4) is 0 Å². The van der Waals surface area contributed by atoms with Crippen LogP contribution in [0.5, 0.6) is 0 Å².